The van der Waals surface area contributed by atoms with Gasteiger partial charge in [-0.25, -0.2) is 4.39 Å². The van der Waals surface area contributed by atoms with Crippen LogP contribution < -0.4 is 0 Å². The molecule has 2 aromatic rings. The Morgan fingerprint density at radius 1 is 1.18 bits per heavy atom. The summed E-state index contributed by atoms with van der Waals surface area (Å²) in [5, 5.41) is 4.86. The van der Waals surface area contributed by atoms with Crippen molar-refractivity contribution in [2.75, 3.05) is 6.54 Å². The third kappa shape index (κ3) is 4.20. The quantitative estimate of drug-likeness (QED) is 0.698. The number of amides is 1. The van der Waals surface area contributed by atoms with E-state index in [0.717, 1.165) is 30.5 Å². The van der Waals surface area contributed by atoms with Crippen LogP contribution in [0.4, 0.5) is 4.39 Å². The first-order chi connectivity index (χ1) is 13.6. The van der Waals surface area contributed by atoms with Gasteiger partial charge in [-0.05, 0) is 36.6 Å². The summed E-state index contributed by atoms with van der Waals surface area (Å²) in [6.45, 7) is 0.641. The summed E-state index contributed by atoms with van der Waals surface area (Å²) in [6.07, 6.45) is 3.26. The summed E-state index contributed by atoms with van der Waals surface area (Å²) in [5.74, 6) is -0.165. The molecule has 0 N–H and O–H groups in total. The largest absolute Gasteiger partial charge is 0.390 e. The predicted molar refractivity (Wildman–Crippen MR) is 107 cm³/mol. The van der Waals surface area contributed by atoms with Gasteiger partial charge < -0.3 is 9.74 Å². The molecule has 2 aromatic carbocycles. The van der Waals surface area contributed by atoms with Crippen LogP contribution in [0, 0.1) is 11.7 Å². The fraction of sp³-hybridized carbons (Fsp3) is 0.364. The van der Waals surface area contributed by atoms with E-state index in [9.17, 15) is 9.18 Å². The van der Waals surface area contributed by atoms with E-state index in [1.807, 2.05) is 24.3 Å². The van der Waals surface area contributed by atoms with Crippen LogP contribution in [0.25, 0.3) is 0 Å². The molecule has 28 heavy (non-hydrogen) atoms. The molecule has 1 fully saturated rings. The van der Waals surface area contributed by atoms with Crippen molar-refractivity contribution in [3.8, 4) is 0 Å². The minimum atomic E-state index is -0.292. The lowest BCUT2D eigenvalue weighted by atomic mass is 9.84. The number of hydrogen-bond acceptors (Lipinski definition) is 3. The van der Waals surface area contributed by atoms with E-state index in [-0.39, 0.29) is 30.3 Å². The lowest BCUT2D eigenvalue weighted by molar-refractivity contribution is -0.140. The standard InChI is InChI=1S/C22H22ClFN2O2/c23-18-10-8-15(9-11-18)21-12-19(28-25-21)14-26(22(27)16-5-3-6-16)13-17-4-1-2-7-20(17)24/h1-2,4,7-11,16,19H,3,5-6,12-14H2/t19-/m0/s1. The first-order valence-corrected chi connectivity index (χ1v) is 9.99. The Balaban J connectivity index is 1.44. The second-order valence-corrected chi connectivity index (χ2v) is 7.85. The monoisotopic (exact) mass is 400 g/mol. The van der Waals surface area contributed by atoms with Crippen LogP contribution in [-0.4, -0.2) is 29.2 Å². The smallest absolute Gasteiger partial charge is 0.226 e. The average Bonchev–Trinajstić information content (AvgIpc) is 3.10. The Hall–Kier alpha value is -2.40. The molecule has 0 aromatic heterocycles. The summed E-state index contributed by atoms with van der Waals surface area (Å²) in [7, 11) is 0. The lowest BCUT2D eigenvalue weighted by Crippen LogP contribution is -2.42. The van der Waals surface area contributed by atoms with E-state index in [4.69, 9.17) is 16.4 Å². The third-order valence-corrected chi connectivity index (χ3v) is 5.67. The molecule has 0 radical (unpaired) electrons. The number of nitrogens with zero attached hydrogens (tertiary/aromatic N) is 2. The zero-order valence-corrected chi connectivity index (χ0v) is 16.2. The van der Waals surface area contributed by atoms with Crippen molar-refractivity contribution < 1.29 is 14.0 Å². The highest BCUT2D eigenvalue weighted by Crippen LogP contribution is 2.30. The van der Waals surface area contributed by atoms with Crippen LogP contribution in [0.15, 0.2) is 53.7 Å². The van der Waals surface area contributed by atoms with Crippen molar-refractivity contribution in [2.24, 2.45) is 11.1 Å². The Bertz CT molecular complexity index is 880. The van der Waals surface area contributed by atoms with Gasteiger partial charge in [0.15, 0.2) is 6.10 Å². The molecule has 2 aliphatic rings. The maximum atomic E-state index is 14.1. The summed E-state index contributed by atoms with van der Waals surface area (Å²) < 4.78 is 14.1. The summed E-state index contributed by atoms with van der Waals surface area (Å²) >= 11 is 5.94. The average molecular weight is 401 g/mol. The molecule has 146 valence electrons. The van der Waals surface area contributed by atoms with Crippen molar-refractivity contribution in [1.29, 1.82) is 0 Å². The van der Waals surface area contributed by atoms with Crippen LogP contribution in [0.1, 0.15) is 36.8 Å². The van der Waals surface area contributed by atoms with Gasteiger partial charge in [0, 0.05) is 29.5 Å². The second-order valence-electron chi connectivity index (χ2n) is 7.41. The van der Waals surface area contributed by atoms with Gasteiger partial charge in [-0.15, -0.1) is 0 Å². The van der Waals surface area contributed by atoms with Crippen molar-refractivity contribution in [3.05, 3.63) is 70.5 Å². The van der Waals surface area contributed by atoms with Crippen LogP contribution in [0.3, 0.4) is 0 Å². The van der Waals surface area contributed by atoms with E-state index in [1.54, 1.807) is 23.1 Å². The number of hydrogen-bond donors (Lipinski definition) is 0. The van der Waals surface area contributed by atoms with Crippen LogP contribution in [0.5, 0.6) is 0 Å². The molecule has 1 aliphatic carbocycles. The molecular formula is C22H22ClFN2O2. The van der Waals surface area contributed by atoms with Crippen molar-refractivity contribution in [2.45, 2.75) is 38.3 Å². The van der Waals surface area contributed by atoms with E-state index in [1.165, 1.54) is 6.07 Å². The van der Waals surface area contributed by atoms with Crippen LogP contribution in [-0.2, 0) is 16.2 Å². The van der Waals surface area contributed by atoms with Gasteiger partial charge in [0.05, 0.1) is 12.3 Å². The lowest BCUT2D eigenvalue weighted by Gasteiger charge is -2.32. The number of carbonyl (C=O) groups is 1. The van der Waals surface area contributed by atoms with Gasteiger partial charge in [-0.3, -0.25) is 4.79 Å². The molecule has 0 saturated heterocycles. The minimum absolute atomic E-state index is 0.0461. The van der Waals surface area contributed by atoms with Gasteiger partial charge in [0.2, 0.25) is 5.91 Å². The van der Waals surface area contributed by atoms with Gasteiger partial charge in [-0.2, -0.15) is 0 Å². The first-order valence-electron chi connectivity index (χ1n) is 9.61. The van der Waals surface area contributed by atoms with E-state index >= 15 is 0 Å². The molecule has 1 heterocycles. The molecule has 0 unspecified atom stereocenters. The number of oxime groups is 1. The summed E-state index contributed by atoms with van der Waals surface area (Å²) in [5.41, 5.74) is 2.31. The molecule has 4 nitrogen and oxygen atoms in total. The van der Waals surface area contributed by atoms with Gasteiger partial charge >= 0.3 is 0 Å². The zero-order valence-electron chi connectivity index (χ0n) is 15.5. The Morgan fingerprint density at radius 2 is 1.93 bits per heavy atom. The number of rotatable bonds is 6. The van der Waals surface area contributed by atoms with Gasteiger partial charge in [0.25, 0.3) is 0 Å². The molecule has 1 amide bonds. The van der Waals surface area contributed by atoms with E-state index in [0.29, 0.717) is 23.6 Å². The van der Waals surface area contributed by atoms with E-state index in [2.05, 4.69) is 5.16 Å². The van der Waals surface area contributed by atoms with Crippen LogP contribution in [0.2, 0.25) is 5.02 Å². The normalized spacial score (nSPS) is 18.9. The highest BCUT2D eigenvalue weighted by Gasteiger charge is 2.33. The Labute approximate surface area is 168 Å². The van der Waals surface area contributed by atoms with Crippen LogP contribution >= 0.6 is 11.6 Å². The van der Waals surface area contributed by atoms with Crippen molar-refractivity contribution in [3.63, 3.8) is 0 Å². The molecular weight excluding hydrogens is 379 g/mol. The number of carbonyl (C=O) groups excluding carboxylic acids is 1. The minimum Gasteiger partial charge on any atom is -0.390 e. The second kappa shape index (κ2) is 8.31. The molecule has 6 heteroatoms. The Morgan fingerprint density at radius 3 is 2.61 bits per heavy atom. The van der Waals surface area contributed by atoms with Gasteiger partial charge in [-0.1, -0.05) is 53.5 Å². The first kappa shape index (κ1) is 18.9. The topological polar surface area (TPSA) is 41.9 Å². The molecule has 0 spiro atoms. The fourth-order valence-electron chi connectivity index (χ4n) is 3.56. The zero-order chi connectivity index (χ0) is 19.5. The van der Waals surface area contributed by atoms with Crippen molar-refractivity contribution in [1.82, 2.24) is 4.90 Å². The molecule has 4 rings (SSSR count). The fourth-order valence-corrected chi connectivity index (χ4v) is 3.69. The SMILES string of the molecule is O=C(C1CCC1)N(Cc1ccccc1F)C[C@@H]1CC(c2ccc(Cl)cc2)=NO1. The Kier molecular flexibility index (Phi) is 5.62. The number of halogens is 2. The third-order valence-electron chi connectivity index (χ3n) is 5.42. The molecule has 1 saturated carbocycles. The summed E-state index contributed by atoms with van der Waals surface area (Å²) in [4.78, 5) is 20.2. The van der Waals surface area contributed by atoms with Crippen molar-refractivity contribution >= 4 is 23.2 Å². The molecule has 1 atom stereocenters. The molecule has 1 aliphatic heterocycles. The predicted octanol–water partition coefficient (Wildman–Crippen LogP) is 4.80. The van der Waals surface area contributed by atoms with E-state index < -0.39 is 0 Å². The maximum Gasteiger partial charge on any atom is 0.226 e. The highest BCUT2D eigenvalue weighted by atomic mass is 35.5. The maximum absolute atomic E-state index is 14.1. The number of benzene rings is 2. The van der Waals surface area contributed by atoms with Gasteiger partial charge in [0.1, 0.15) is 5.82 Å². The molecule has 0 bridgehead atoms. The summed E-state index contributed by atoms with van der Waals surface area (Å²) in [6, 6.07) is 14.0. The highest BCUT2D eigenvalue weighted by molar-refractivity contribution is 6.30.